The molecule has 0 amide bonds. The number of hydrogen-bond donors (Lipinski definition) is 1. The van der Waals surface area contributed by atoms with E-state index in [1.54, 1.807) is 6.26 Å². The van der Waals surface area contributed by atoms with Gasteiger partial charge in [0.15, 0.2) is 0 Å². The van der Waals surface area contributed by atoms with Crippen molar-refractivity contribution in [2.75, 3.05) is 5.43 Å². The number of nitrogens with zero attached hydrogens (tertiary/aromatic N) is 1. The Morgan fingerprint density at radius 1 is 1.19 bits per heavy atom. The summed E-state index contributed by atoms with van der Waals surface area (Å²) in [5.74, 6) is 0.777. The molecule has 0 atom stereocenters. The maximum absolute atomic E-state index is 5.23. The van der Waals surface area contributed by atoms with E-state index in [0.717, 1.165) is 17.2 Å². The van der Waals surface area contributed by atoms with Crippen molar-refractivity contribution in [3.05, 3.63) is 54.0 Å². The Morgan fingerprint density at radius 2 is 1.94 bits per heavy atom. The van der Waals surface area contributed by atoms with Gasteiger partial charge in [-0.25, -0.2) is 0 Å². The summed E-state index contributed by atoms with van der Waals surface area (Å²) < 4.78 is 5.23. The first-order valence-electron chi connectivity index (χ1n) is 5.16. The van der Waals surface area contributed by atoms with Gasteiger partial charge in [-0.15, -0.1) is 0 Å². The number of rotatable bonds is 3. The number of anilines is 1. The summed E-state index contributed by atoms with van der Waals surface area (Å²) in [6.45, 7) is 3.96. The molecular weight excluding hydrogens is 200 g/mol. The van der Waals surface area contributed by atoms with Gasteiger partial charge < -0.3 is 4.42 Å². The maximum Gasteiger partial charge on any atom is 0.149 e. The Hall–Kier alpha value is -2.03. The number of nitrogens with one attached hydrogen (secondary N) is 1. The zero-order chi connectivity index (χ0) is 11.4. The van der Waals surface area contributed by atoms with Gasteiger partial charge in [0.2, 0.25) is 0 Å². The molecular formula is C13H14N2O. The lowest BCUT2D eigenvalue weighted by atomic mass is 10.2. The second-order valence-corrected chi connectivity index (χ2v) is 3.65. The van der Waals surface area contributed by atoms with Gasteiger partial charge in [0.1, 0.15) is 11.5 Å². The van der Waals surface area contributed by atoms with Gasteiger partial charge in [0, 0.05) is 0 Å². The average molecular weight is 214 g/mol. The fourth-order valence-corrected chi connectivity index (χ4v) is 1.32. The molecule has 0 saturated heterocycles. The molecule has 2 aromatic rings. The highest BCUT2D eigenvalue weighted by atomic mass is 16.3. The molecule has 0 fully saturated rings. The van der Waals surface area contributed by atoms with E-state index in [1.165, 1.54) is 5.56 Å². The lowest BCUT2D eigenvalue weighted by Crippen LogP contribution is -1.97. The zero-order valence-electron chi connectivity index (χ0n) is 9.40. The highest BCUT2D eigenvalue weighted by Crippen LogP contribution is 2.09. The first kappa shape index (κ1) is 10.5. The van der Waals surface area contributed by atoms with Gasteiger partial charge >= 0.3 is 0 Å². The summed E-state index contributed by atoms with van der Waals surface area (Å²) in [5, 5.41) is 4.24. The quantitative estimate of drug-likeness (QED) is 0.628. The Bertz CT molecular complexity index is 469. The van der Waals surface area contributed by atoms with Crippen LogP contribution in [0.1, 0.15) is 18.2 Å². The summed E-state index contributed by atoms with van der Waals surface area (Å²) in [6.07, 6.45) is 1.64. The number of hydrazone groups is 1. The van der Waals surface area contributed by atoms with E-state index in [1.807, 2.05) is 43.3 Å². The third kappa shape index (κ3) is 2.51. The number of hydrogen-bond acceptors (Lipinski definition) is 3. The van der Waals surface area contributed by atoms with Crippen molar-refractivity contribution < 1.29 is 4.42 Å². The largest absolute Gasteiger partial charge is 0.463 e. The molecule has 1 heterocycles. The molecule has 0 aliphatic rings. The van der Waals surface area contributed by atoms with Gasteiger partial charge in [-0.05, 0) is 38.1 Å². The van der Waals surface area contributed by atoms with Crippen molar-refractivity contribution in [3.8, 4) is 0 Å². The van der Waals surface area contributed by atoms with Crippen molar-refractivity contribution in [2.45, 2.75) is 13.8 Å². The van der Waals surface area contributed by atoms with E-state index in [-0.39, 0.29) is 0 Å². The zero-order valence-corrected chi connectivity index (χ0v) is 9.40. The van der Waals surface area contributed by atoms with Crippen LogP contribution < -0.4 is 5.43 Å². The molecule has 0 bridgehead atoms. The predicted molar refractivity (Wildman–Crippen MR) is 65.7 cm³/mol. The molecule has 0 unspecified atom stereocenters. The van der Waals surface area contributed by atoms with Gasteiger partial charge in [0.25, 0.3) is 0 Å². The molecule has 0 saturated carbocycles. The van der Waals surface area contributed by atoms with Crippen molar-refractivity contribution in [2.24, 2.45) is 5.10 Å². The third-order valence-electron chi connectivity index (χ3n) is 2.28. The minimum absolute atomic E-state index is 0.777. The number of furan rings is 1. The normalized spacial score (nSPS) is 11.5. The van der Waals surface area contributed by atoms with Crippen molar-refractivity contribution in [1.82, 2.24) is 0 Å². The van der Waals surface area contributed by atoms with E-state index in [4.69, 9.17) is 4.42 Å². The standard InChI is InChI=1S/C13H14N2O/c1-10-5-7-12(8-6-10)15-14-11(2)13-4-3-9-16-13/h3-9,15H,1-2H3/b14-11-. The highest BCUT2D eigenvalue weighted by Gasteiger charge is 1.99. The van der Waals surface area contributed by atoms with Crippen LogP contribution in [-0.4, -0.2) is 5.71 Å². The van der Waals surface area contributed by atoms with Crippen LogP contribution in [0.5, 0.6) is 0 Å². The summed E-state index contributed by atoms with van der Waals surface area (Å²) in [7, 11) is 0. The van der Waals surface area contributed by atoms with Crippen LogP contribution in [0.3, 0.4) is 0 Å². The molecule has 3 heteroatoms. The van der Waals surface area contributed by atoms with Gasteiger partial charge in [-0.2, -0.15) is 5.10 Å². The van der Waals surface area contributed by atoms with Crippen molar-refractivity contribution >= 4 is 11.4 Å². The van der Waals surface area contributed by atoms with E-state index in [0.29, 0.717) is 0 Å². The fourth-order valence-electron chi connectivity index (χ4n) is 1.32. The fraction of sp³-hybridized carbons (Fsp3) is 0.154. The SMILES string of the molecule is C/C(=N/Nc1ccc(C)cc1)c1ccco1. The van der Waals surface area contributed by atoms with E-state index < -0.39 is 0 Å². The smallest absolute Gasteiger partial charge is 0.149 e. The summed E-state index contributed by atoms with van der Waals surface area (Å²) in [6, 6.07) is 11.8. The monoisotopic (exact) mass is 214 g/mol. The number of benzene rings is 1. The number of aryl methyl sites for hydroxylation is 1. The minimum Gasteiger partial charge on any atom is -0.463 e. The topological polar surface area (TPSA) is 37.5 Å². The van der Waals surface area contributed by atoms with Crippen molar-refractivity contribution in [3.63, 3.8) is 0 Å². The molecule has 0 aliphatic carbocycles. The molecule has 0 aliphatic heterocycles. The average Bonchev–Trinajstić information content (AvgIpc) is 2.81. The second kappa shape index (κ2) is 4.66. The van der Waals surface area contributed by atoms with Crippen LogP contribution in [0.15, 0.2) is 52.2 Å². The first-order chi connectivity index (χ1) is 7.75. The molecule has 1 N–H and O–H groups in total. The van der Waals surface area contributed by atoms with E-state index in [2.05, 4.69) is 17.5 Å². The Morgan fingerprint density at radius 3 is 2.56 bits per heavy atom. The minimum atomic E-state index is 0.777. The first-order valence-corrected chi connectivity index (χ1v) is 5.16. The third-order valence-corrected chi connectivity index (χ3v) is 2.28. The molecule has 0 radical (unpaired) electrons. The molecule has 1 aromatic carbocycles. The highest BCUT2D eigenvalue weighted by molar-refractivity contribution is 5.96. The second-order valence-electron chi connectivity index (χ2n) is 3.65. The van der Waals surface area contributed by atoms with Crippen LogP contribution in [0.25, 0.3) is 0 Å². The molecule has 0 spiro atoms. The Labute approximate surface area is 94.8 Å². The predicted octanol–water partition coefficient (Wildman–Crippen LogP) is 3.42. The molecule has 3 nitrogen and oxygen atoms in total. The van der Waals surface area contributed by atoms with Crippen LogP contribution in [-0.2, 0) is 0 Å². The molecule has 16 heavy (non-hydrogen) atoms. The van der Waals surface area contributed by atoms with Gasteiger partial charge in [-0.1, -0.05) is 17.7 Å². The summed E-state index contributed by atoms with van der Waals surface area (Å²) in [4.78, 5) is 0. The van der Waals surface area contributed by atoms with Gasteiger partial charge in [-0.3, -0.25) is 5.43 Å². The molecule has 82 valence electrons. The lowest BCUT2D eigenvalue weighted by molar-refractivity contribution is 0.557. The van der Waals surface area contributed by atoms with E-state index >= 15 is 0 Å². The lowest BCUT2D eigenvalue weighted by Gasteiger charge is -2.01. The van der Waals surface area contributed by atoms with Crippen LogP contribution in [0.4, 0.5) is 5.69 Å². The summed E-state index contributed by atoms with van der Waals surface area (Å²) >= 11 is 0. The van der Waals surface area contributed by atoms with Crippen molar-refractivity contribution in [1.29, 1.82) is 0 Å². The Kier molecular flexibility index (Phi) is 3.05. The van der Waals surface area contributed by atoms with E-state index in [9.17, 15) is 0 Å². The summed E-state index contributed by atoms with van der Waals surface area (Å²) in [5.41, 5.74) is 6.02. The van der Waals surface area contributed by atoms with Crippen LogP contribution in [0.2, 0.25) is 0 Å². The molecule has 1 aromatic heterocycles. The van der Waals surface area contributed by atoms with Gasteiger partial charge in [0.05, 0.1) is 12.0 Å². The van der Waals surface area contributed by atoms with Crippen LogP contribution in [0, 0.1) is 6.92 Å². The Balaban J connectivity index is 2.06. The molecule has 2 rings (SSSR count). The maximum atomic E-state index is 5.23. The van der Waals surface area contributed by atoms with Crippen LogP contribution >= 0.6 is 0 Å².